The largest absolute Gasteiger partial charge is 0.356 e. The predicted octanol–water partition coefficient (Wildman–Crippen LogP) is -0.625. The molecule has 2 aliphatic heterocycles. The van der Waals surface area contributed by atoms with Crippen molar-refractivity contribution in [1.29, 1.82) is 0 Å². The van der Waals surface area contributed by atoms with E-state index in [-0.39, 0.29) is 69.5 Å². The average molecular weight is 487 g/mol. The molecule has 5 amide bonds. The minimum Gasteiger partial charge on any atom is -0.356 e. The van der Waals surface area contributed by atoms with Crippen LogP contribution in [-0.4, -0.2) is 83.7 Å². The standard InChI is InChI=1S/C22H35N5O7/c1-15-4-3-5-16(2)26(15)14-19(30)25-12-9-17(28)23-11-8-18(29)24-13-10-22(33)34-27-20(31)6-7-21(27)32/h15-16H,3-14H2,1-2H3,(H,23,28)(H,24,29)(H,25,30)/i9+1,12+1,23+1,25+1,26+1. The van der Waals surface area contributed by atoms with Crippen LogP contribution in [0, 0.1) is 0 Å². The Bertz CT molecular complexity index is 762. The summed E-state index contributed by atoms with van der Waals surface area (Å²) in [4.78, 5) is 77.2. The molecule has 2 rings (SSSR count). The predicted molar refractivity (Wildman–Crippen MR) is 120 cm³/mol. The van der Waals surface area contributed by atoms with Crippen molar-refractivity contribution < 1.29 is 33.6 Å². The van der Waals surface area contributed by atoms with Crippen molar-refractivity contribution in [3.8, 4) is 0 Å². The van der Waals surface area contributed by atoms with E-state index in [9.17, 15) is 28.8 Å². The molecule has 12 nitrogen and oxygen atoms in total. The fraction of sp³-hybridized carbons (Fsp3) is 0.727. The van der Waals surface area contributed by atoms with Crippen molar-refractivity contribution in [3.05, 3.63) is 0 Å². The SMILES string of the molecule is CC1CCCC(C)[15N]1CC(=O)[15NH][13CH2][13CH2]C(=O)[15NH]CCC(=O)NCCC(=O)ON1C(=O)CCC1=O. The van der Waals surface area contributed by atoms with Crippen LogP contribution in [0.15, 0.2) is 0 Å². The number of amides is 5. The van der Waals surface area contributed by atoms with E-state index in [4.69, 9.17) is 4.84 Å². The Morgan fingerprint density at radius 3 is 1.79 bits per heavy atom. The van der Waals surface area contributed by atoms with Gasteiger partial charge in [-0.1, -0.05) is 6.42 Å². The molecule has 2 aliphatic rings. The van der Waals surface area contributed by atoms with Gasteiger partial charge in [0.15, 0.2) is 0 Å². The number of carbonyl (C=O) groups is 6. The van der Waals surface area contributed by atoms with Crippen molar-refractivity contribution in [2.75, 3.05) is 26.2 Å². The van der Waals surface area contributed by atoms with Crippen LogP contribution in [0.4, 0.5) is 0 Å². The Kier molecular flexibility index (Phi) is 10.9. The van der Waals surface area contributed by atoms with Crippen molar-refractivity contribution in [2.24, 2.45) is 0 Å². The van der Waals surface area contributed by atoms with Gasteiger partial charge in [0.25, 0.3) is 11.8 Å². The molecule has 2 unspecified atom stereocenters. The van der Waals surface area contributed by atoms with Gasteiger partial charge in [-0.25, -0.2) is 4.79 Å². The first-order valence-corrected chi connectivity index (χ1v) is 11.8. The van der Waals surface area contributed by atoms with Crippen LogP contribution >= 0.6 is 0 Å². The normalized spacial score (nSPS) is 20.7. The number of likely N-dealkylation sites (tertiary alicyclic amines) is 1. The second-order valence-corrected chi connectivity index (χ2v) is 8.65. The lowest BCUT2D eigenvalue weighted by atomic mass is 10.0. The number of hydrogen-bond acceptors (Lipinski definition) is 8. The number of hydrogen-bond donors (Lipinski definition) is 3. The molecule has 0 saturated carbocycles. The zero-order chi connectivity index (χ0) is 25.1. The van der Waals surface area contributed by atoms with E-state index >= 15 is 0 Å². The quantitative estimate of drug-likeness (QED) is 0.187. The lowest BCUT2D eigenvalue weighted by molar-refractivity contribution is -0.197. The maximum Gasteiger partial charge on any atom is 0.334 e. The lowest BCUT2D eigenvalue weighted by Crippen LogP contribution is -2.49. The zero-order valence-corrected chi connectivity index (χ0v) is 19.9. The van der Waals surface area contributed by atoms with Gasteiger partial charge in [-0.15, -0.1) is 5.06 Å². The van der Waals surface area contributed by atoms with Crippen LogP contribution in [0.3, 0.4) is 0 Å². The molecule has 3 N–H and O–H groups in total. The molecule has 0 spiro atoms. The van der Waals surface area contributed by atoms with Gasteiger partial charge in [-0.05, 0) is 26.7 Å². The van der Waals surface area contributed by atoms with Gasteiger partial charge in [0, 0.05) is 57.4 Å². The summed E-state index contributed by atoms with van der Waals surface area (Å²) in [6, 6.07) is 0.737. The third-order valence-electron chi connectivity index (χ3n) is 5.90. The summed E-state index contributed by atoms with van der Waals surface area (Å²) in [7, 11) is 0. The minimum absolute atomic E-state index is 0.0120. The van der Waals surface area contributed by atoms with Gasteiger partial charge < -0.3 is 20.8 Å². The topological polar surface area (TPSA) is 154 Å². The second kappa shape index (κ2) is 13.6. The number of nitrogens with zero attached hydrogens (tertiary/aromatic N) is 2. The van der Waals surface area contributed by atoms with Gasteiger partial charge in [0.05, 0.1) is 13.0 Å². The van der Waals surface area contributed by atoms with Crippen molar-refractivity contribution >= 4 is 35.5 Å². The molecule has 190 valence electrons. The molecule has 34 heavy (non-hydrogen) atoms. The molecule has 0 radical (unpaired) electrons. The summed E-state index contributed by atoms with van der Waals surface area (Å²) in [5.74, 6) is -2.70. The maximum atomic E-state index is 12.2. The highest BCUT2D eigenvalue weighted by Gasteiger charge is 2.32. The highest BCUT2D eigenvalue weighted by Crippen LogP contribution is 2.21. The van der Waals surface area contributed by atoms with Crippen molar-refractivity contribution in [3.63, 3.8) is 0 Å². The molecule has 2 heterocycles. The minimum atomic E-state index is -0.802. The highest BCUT2D eigenvalue weighted by molar-refractivity contribution is 6.01. The molecule has 2 atom stereocenters. The number of nitrogens with one attached hydrogen (secondary N) is 3. The van der Waals surface area contributed by atoms with Crippen LogP contribution in [-0.2, 0) is 33.6 Å². The molecule has 0 aromatic carbocycles. The summed E-state index contributed by atoms with van der Waals surface area (Å²) < 4.78 is 0. The molecule has 0 bridgehead atoms. The Morgan fingerprint density at radius 2 is 1.26 bits per heavy atom. The molecular formula is C22H35N5O7. The van der Waals surface area contributed by atoms with E-state index in [1.165, 1.54) is 6.42 Å². The molecule has 0 aliphatic carbocycles. The van der Waals surface area contributed by atoms with Crippen LogP contribution in [0.25, 0.3) is 0 Å². The first-order valence-electron chi connectivity index (χ1n) is 11.8. The lowest BCUT2D eigenvalue weighted by Gasteiger charge is -2.38. The molecule has 2 fully saturated rings. The van der Waals surface area contributed by atoms with Crippen molar-refractivity contribution in [2.45, 2.75) is 77.3 Å². The van der Waals surface area contributed by atoms with Crippen LogP contribution in [0.1, 0.15) is 65.2 Å². The number of rotatable bonds is 12. The highest BCUT2D eigenvalue weighted by atomic mass is 16.7. The number of piperidine rings is 1. The molecule has 0 aromatic rings. The number of hydroxylamine groups is 2. The van der Waals surface area contributed by atoms with E-state index in [2.05, 4.69) is 34.7 Å². The summed E-state index contributed by atoms with van der Waals surface area (Å²) in [6.07, 6.45) is 3.28. The Balaban J connectivity index is 1.49. The third kappa shape index (κ3) is 9.08. The van der Waals surface area contributed by atoms with Crippen LogP contribution < -0.4 is 16.0 Å². The third-order valence-corrected chi connectivity index (χ3v) is 5.90. The number of imide groups is 1. The van der Waals surface area contributed by atoms with Crippen LogP contribution in [0.5, 0.6) is 0 Å². The van der Waals surface area contributed by atoms with E-state index in [0.29, 0.717) is 23.7 Å². The average Bonchev–Trinajstić information content (AvgIpc) is 3.08. The molecule has 0 aromatic heterocycles. The second-order valence-electron chi connectivity index (χ2n) is 8.65. The fourth-order valence-corrected chi connectivity index (χ4v) is 3.93. The zero-order valence-electron chi connectivity index (χ0n) is 19.9. The van der Waals surface area contributed by atoms with Gasteiger partial charge in [-0.2, -0.15) is 0 Å². The fourth-order valence-electron chi connectivity index (χ4n) is 3.93. The first kappa shape index (κ1) is 27.2. The maximum absolute atomic E-state index is 12.2. The van der Waals surface area contributed by atoms with E-state index in [1.54, 1.807) is 0 Å². The summed E-state index contributed by atoms with van der Waals surface area (Å²) in [5, 5.41) is 8.32. The summed E-state index contributed by atoms with van der Waals surface area (Å²) in [5.41, 5.74) is 0. The van der Waals surface area contributed by atoms with Gasteiger partial charge in [0.1, 0.15) is 0 Å². The molecule has 2 saturated heterocycles. The summed E-state index contributed by atoms with van der Waals surface area (Å²) in [6.45, 7) is 4.87. The van der Waals surface area contributed by atoms with E-state index in [0.717, 1.165) is 12.8 Å². The van der Waals surface area contributed by atoms with E-state index in [1.807, 2.05) is 0 Å². The molecule has 12 heteroatoms. The number of carbonyl (C=O) groups excluding carboxylic acids is 6. The smallest absolute Gasteiger partial charge is 0.334 e. The monoisotopic (exact) mass is 486 g/mol. The Morgan fingerprint density at radius 1 is 0.794 bits per heavy atom. The Hall–Kier alpha value is -3.02. The summed E-state index contributed by atoms with van der Waals surface area (Å²) >= 11 is 0. The van der Waals surface area contributed by atoms with Gasteiger partial charge in [0.2, 0.25) is 17.7 Å². The van der Waals surface area contributed by atoms with Crippen LogP contribution in [0.2, 0.25) is 0 Å². The Labute approximate surface area is 199 Å². The van der Waals surface area contributed by atoms with E-state index < -0.39 is 17.8 Å². The molecular weight excluding hydrogens is 451 g/mol. The first-order chi connectivity index (χ1) is 16.2. The van der Waals surface area contributed by atoms with Gasteiger partial charge in [-0.3, -0.25) is 28.9 Å². The van der Waals surface area contributed by atoms with Crippen molar-refractivity contribution in [1.82, 2.24) is 25.9 Å². The van der Waals surface area contributed by atoms with Gasteiger partial charge >= 0.3 is 5.97 Å².